The molecule has 0 aromatic carbocycles. The maximum Gasteiger partial charge on any atom is 0.410 e. The minimum Gasteiger partial charge on any atom is -0.444 e. The predicted molar refractivity (Wildman–Crippen MR) is 72.4 cm³/mol. The third kappa shape index (κ3) is 3.15. The number of carbonyl (C=O) groups excluding carboxylic acids is 1. The average molecular weight is 249 g/mol. The van der Waals surface area contributed by atoms with Crippen molar-refractivity contribution < 1.29 is 9.53 Å². The highest BCUT2D eigenvalue weighted by molar-refractivity contribution is 5.69. The lowest BCUT2D eigenvalue weighted by Gasteiger charge is -2.29. The SMILES string of the molecule is CC(C)(C)OC(=O)N1CCCC1C1=CCCC=C1. The Morgan fingerprint density at radius 1 is 1.39 bits per heavy atom. The zero-order chi connectivity index (χ0) is 13.2. The second-order valence-corrected chi connectivity index (χ2v) is 6.02. The zero-order valence-electron chi connectivity index (χ0n) is 11.6. The second-order valence-electron chi connectivity index (χ2n) is 6.02. The topological polar surface area (TPSA) is 29.5 Å². The van der Waals surface area contributed by atoms with Crippen molar-refractivity contribution in [2.75, 3.05) is 6.54 Å². The van der Waals surface area contributed by atoms with E-state index >= 15 is 0 Å². The molecule has 1 heterocycles. The highest BCUT2D eigenvalue weighted by Crippen LogP contribution is 2.28. The molecule has 18 heavy (non-hydrogen) atoms. The molecule has 1 aliphatic heterocycles. The lowest BCUT2D eigenvalue weighted by atomic mass is 9.98. The van der Waals surface area contributed by atoms with Gasteiger partial charge >= 0.3 is 6.09 Å². The Morgan fingerprint density at radius 3 is 2.78 bits per heavy atom. The molecule has 1 amide bonds. The smallest absolute Gasteiger partial charge is 0.410 e. The maximum absolute atomic E-state index is 12.2. The van der Waals surface area contributed by atoms with Crippen LogP contribution in [0, 0.1) is 0 Å². The number of likely N-dealkylation sites (tertiary alicyclic amines) is 1. The Bertz CT molecular complexity index is 376. The number of amides is 1. The van der Waals surface area contributed by atoms with Gasteiger partial charge in [-0.15, -0.1) is 0 Å². The molecule has 3 heteroatoms. The quantitative estimate of drug-likeness (QED) is 0.709. The summed E-state index contributed by atoms with van der Waals surface area (Å²) >= 11 is 0. The van der Waals surface area contributed by atoms with Crippen molar-refractivity contribution in [3.8, 4) is 0 Å². The fourth-order valence-electron chi connectivity index (χ4n) is 2.53. The van der Waals surface area contributed by atoms with Crippen molar-refractivity contribution in [1.82, 2.24) is 4.90 Å². The fraction of sp³-hybridized carbons (Fsp3) is 0.667. The predicted octanol–water partition coefficient (Wildman–Crippen LogP) is 3.66. The van der Waals surface area contributed by atoms with E-state index in [1.807, 2.05) is 25.7 Å². The van der Waals surface area contributed by atoms with E-state index in [9.17, 15) is 4.79 Å². The summed E-state index contributed by atoms with van der Waals surface area (Å²) in [4.78, 5) is 14.0. The van der Waals surface area contributed by atoms with Crippen LogP contribution in [-0.2, 0) is 4.74 Å². The first kappa shape index (κ1) is 13.2. The van der Waals surface area contributed by atoms with E-state index in [0.717, 1.165) is 32.2 Å². The van der Waals surface area contributed by atoms with Crippen LogP contribution in [0.1, 0.15) is 46.5 Å². The molecule has 0 N–H and O–H groups in total. The van der Waals surface area contributed by atoms with Crippen LogP contribution in [-0.4, -0.2) is 29.2 Å². The summed E-state index contributed by atoms with van der Waals surface area (Å²) in [6.45, 7) is 6.55. The lowest BCUT2D eigenvalue weighted by Crippen LogP contribution is -2.40. The van der Waals surface area contributed by atoms with Crippen molar-refractivity contribution >= 4 is 6.09 Å². The van der Waals surface area contributed by atoms with Gasteiger partial charge in [0.2, 0.25) is 0 Å². The van der Waals surface area contributed by atoms with Crippen LogP contribution in [0.25, 0.3) is 0 Å². The minimum atomic E-state index is -0.416. The maximum atomic E-state index is 12.2. The highest BCUT2D eigenvalue weighted by atomic mass is 16.6. The molecule has 1 aliphatic carbocycles. The third-order valence-corrected chi connectivity index (χ3v) is 3.29. The molecular weight excluding hydrogens is 226 g/mol. The summed E-state index contributed by atoms with van der Waals surface area (Å²) in [6.07, 6.45) is 10.8. The van der Waals surface area contributed by atoms with E-state index in [2.05, 4.69) is 18.2 Å². The second kappa shape index (κ2) is 5.17. The van der Waals surface area contributed by atoms with Crippen LogP contribution in [0.3, 0.4) is 0 Å². The standard InChI is InChI=1S/C15H23NO2/c1-15(2,3)18-14(17)16-11-7-10-13(16)12-8-5-4-6-9-12/h5,8-9,13H,4,6-7,10-11H2,1-3H3. The molecule has 0 spiro atoms. The molecule has 0 aromatic rings. The van der Waals surface area contributed by atoms with Gasteiger partial charge in [0.05, 0.1) is 6.04 Å². The van der Waals surface area contributed by atoms with Gasteiger partial charge in [0.1, 0.15) is 5.60 Å². The first-order chi connectivity index (χ1) is 8.47. The summed E-state index contributed by atoms with van der Waals surface area (Å²) in [5, 5.41) is 0. The van der Waals surface area contributed by atoms with Crippen LogP contribution < -0.4 is 0 Å². The largest absolute Gasteiger partial charge is 0.444 e. The molecular formula is C15H23NO2. The first-order valence-corrected chi connectivity index (χ1v) is 6.83. The van der Waals surface area contributed by atoms with Crippen molar-refractivity contribution in [3.63, 3.8) is 0 Å². The van der Waals surface area contributed by atoms with Crippen LogP contribution in [0.2, 0.25) is 0 Å². The van der Waals surface area contributed by atoms with Gasteiger partial charge in [0.25, 0.3) is 0 Å². The molecule has 0 aromatic heterocycles. The van der Waals surface area contributed by atoms with Crippen LogP contribution >= 0.6 is 0 Å². The minimum absolute atomic E-state index is 0.176. The molecule has 1 saturated heterocycles. The van der Waals surface area contributed by atoms with Crippen LogP contribution in [0.15, 0.2) is 23.8 Å². The normalized spacial score (nSPS) is 24.1. The Morgan fingerprint density at radius 2 is 2.17 bits per heavy atom. The van der Waals surface area contributed by atoms with Crippen LogP contribution in [0.5, 0.6) is 0 Å². The molecule has 100 valence electrons. The summed E-state index contributed by atoms with van der Waals surface area (Å²) in [5.74, 6) is 0. The van der Waals surface area contributed by atoms with E-state index in [-0.39, 0.29) is 12.1 Å². The van der Waals surface area contributed by atoms with E-state index < -0.39 is 5.60 Å². The molecule has 3 nitrogen and oxygen atoms in total. The average Bonchev–Trinajstić information content (AvgIpc) is 2.76. The molecule has 0 bridgehead atoms. The van der Waals surface area contributed by atoms with E-state index in [0.29, 0.717) is 0 Å². The van der Waals surface area contributed by atoms with Gasteiger partial charge < -0.3 is 9.64 Å². The molecule has 2 aliphatic rings. The number of nitrogens with zero attached hydrogens (tertiary/aromatic N) is 1. The molecule has 1 unspecified atom stereocenters. The van der Waals surface area contributed by atoms with Crippen molar-refractivity contribution in [2.45, 2.75) is 58.1 Å². The van der Waals surface area contributed by atoms with Gasteiger partial charge in [-0.2, -0.15) is 0 Å². The van der Waals surface area contributed by atoms with Gasteiger partial charge in [0.15, 0.2) is 0 Å². The van der Waals surface area contributed by atoms with Crippen molar-refractivity contribution in [3.05, 3.63) is 23.8 Å². The number of allylic oxidation sites excluding steroid dienone is 2. The first-order valence-electron chi connectivity index (χ1n) is 6.83. The summed E-state index contributed by atoms with van der Waals surface area (Å²) in [5.41, 5.74) is 0.866. The molecule has 0 saturated carbocycles. The summed E-state index contributed by atoms with van der Waals surface area (Å²) < 4.78 is 5.48. The Labute approximate surface area is 109 Å². The van der Waals surface area contributed by atoms with Crippen molar-refractivity contribution in [1.29, 1.82) is 0 Å². The number of ether oxygens (including phenoxy) is 1. The molecule has 1 fully saturated rings. The summed E-state index contributed by atoms with van der Waals surface area (Å²) in [6, 6.07) is 0.219. The van der Waals surface area contributed by atoms with E-state index in [1.165, 1.54) is 5.57 Å². The van der Waals surface area contributed by atoms with Gasteiger partial charge in [-0.3, -0.25) is 0 Å². The third-order valence-electron chi connectivity index (χ3n) is 3.29. The molecule has 0 radical (unpaired) electrons. The Balaban J connectivity index is 2.05. The van der Waals surface area contributed by atoms with Gasteiger partial charge in [-0.1, -0.05) is 18.2 Å². The van der Waals surface area contributed by atoms with E-state index in [4.69, 9.17) is 4.74 Å². The molecule has 2 rings (SSSR count). The van der Waals surface area contributed by atoms with Crippen LogP contribution in [0.4, 0.5) is 4.79 Å². The number of hydrogen-bond donors (Lipinski definition) is 0. The number of rotatable bonds is 1. The fourth-order valence-corrected chi connectivity index (χ4v) is 2.53. The zero-order valence-corrected chi connectivity index (χ0v) is 11.6. The van der Waals surface area contributed by atoms with Gasteiger partial charge in [-0.25, -0.2) is 4.79 Å². The van der Waals surface area contributed by atoms with Gasteiger partial charge in [0, 0.05) is 6.54 Å². The highest BCUT2D eigenvalue weighted by Gasteiger charge is 2.33. The molecule has 1 atom stereocenters. The van der Waals surface area contributed by atoms with E-state index in [1.54, 1.807) is 0 Å². The monoisotopic (exact) mass is 249 g/mol. The lowest BCUT2D eigenvalue weighted by molar-refractivity contribution is 0.0251. The van der Waals surface area contributed by atoms with Gasteiger partial charge in [-0.05, 0) is 52.0 Å². The number of hydrogen-bond acceptors (Lipinski definition) is 2. The van der Waals surface area contributed by atoms with Crippen molar-refractivity contribution in [2.24, 2.45) is 0 Å². The Kier molecular flexibility index (Phi) is 3.79. The Hall–Kier alpha value is -1.25. The number of carbonyl (C=O) groups is 1. The summed E-state index contributed by atoms with van der Waals surface area (Å²) in [7, 11) is 0.